The quantitative estimate of drug-likeness (QED) is 0.478. The van der Waals surface area contributed by atoms with Crippen LogP contribution in [0.5, 0.6) is 0 Å². The molecular weight excluding hydrogens is 430 g/mol. The average molecular weight is 458 g/mol. The molecule has 5 rings (SSSR count). The first-order valence-electron chi connectivity index (χ1n) is 11.5. The van der Waals surface area contributed by atoms with Gasteiger partial charge in [0, 0.05) is 30.1 Å². The van der Waals surface area contributed by atoms with Gasteiger partial charge in [-0.15, -0.1) is 0 Å². The van der Waals surface area contributed by atoms with Crippen molar-refractivity contribution in [2.24, 2.45) is 0 Å². The van der Waals surface area contributed by atoms with E-state index >= 15 is 0 Å². The van der Waals surface area contributed by atoms with E-state index < -0.39 is 0 Å². The van der Waals surface area contributed by atoms with Crippen LogP contribution in [0.1, 0.15) is 40.7 Å². The van der Waals surface area contributed by atoms with E-state index in [1.54, 1.807) is 24.8 Å². The molecule has 0 unspecified atom stereocenters. The van der Waals surface area contributed by atoms with Crippen LogP contribution in [-0.2, 0) is 13.2 Å². The van der Waals surface area contributed by atoms with Crippen LogP contribution >= 0.6 is 0 Å². The molecule has 34 heavy (non-hydrogen) atoms. The van der Waals surface area contributed by atoms with E-state index in [9.17, 15) is 9.90 Å². The highest BCUT2D eigenvalue weighted by molar-refractivity contribution is 5.98. The number of amides is 1. The zero-order chi connectivity index (χ0) is 23.5. The smallest absolute Gasteiger partial charge is 0.256 e. The van der Waals surface area contributed by atoms with Crippen molar-refractivity contribution in [3.05, 3.63) is 78.0 Å². The Morgan fingerprint density at radius 1 is 1.12 bits per heavy atom. The third-order valence-electron chi connectivity index (χ3n) is 6.27. The molecule has 0 bridgehead atoms. The molecule has 0 spiro atoms. The summed E-state index contributed by atoms with van der Waals surface area (Å²) in [7, 11) is 0. The van der Waals surface area contributed by atoms with Crippen molar-refractivity contribution in [1.82, 2.24) is 34.7 Å². The summed E-state index contributed by atoms with van der Waals surface area (Å²) in [5.41, 5.74) is 4.63. The minimum Gasteiger partial charge on any atom is -0.392 e. The van der Waals surface area contributed by atoms with E-state index in [0.29, 0.717) is 24.3 Å². The summed E-state index contributed by atoms with van der Waals surface area (Å²) in [4.78, 5) is 21.6. The SMILES string of the molecule is Cc1ccc(-n2nccn2)c(C(=O)N2CCCC[C@H]2Cn2cc(-c3ncccc3CO)cn2)c1. The Morgan fingerprint density at radius 3 is 2.79 bits per heavy atom. The summed E-state index contributed by atoms with van der Waals surface area (Å²) in [6, 6.07) is 9.46. The molecule has 174 valence electrons. The Kier molecular flexibility index (Phi) is 6.18. The highest BCUT2D eigenvalue weighted by Crippen LogP contribution is 2.26. The molecule has 1 aliphatic heterocycles. The normalized spacial score (nSPS) is 16.1. The number of nitrogens with zero attached hydrogens (tertiary/aromatic N) is 7. The molecule has 9 nitrogen and oxygen atoms in total. The van der Waals surface area contributed by atoms with Gasteiger partial charge < -0.3 is 10.0 Å². The van der Waals surface area contributed by atoms with Crippen molar-refractivity contribution in [3.8, 4) is 16.9 Å². The summed E-state index contributed by atoms with van der Waals surface area (Å²) < 4.78 is 1.87. The molecule has 4 heterocycles. The van der Waals surface area contributed by atoms with Gasteiger partial charge in [-0.1, -0.05) is 17.7 Å². The molecule has 1 amide bonds. The molecule has 3 aromatic heterocycles. The summed E-state index contributed by atoms with van der Waals surface area (Å²) in [5, 5.41) is 22.6. The Morgan fingerprint density at radius 2 is 1.97 bits per heavy atom. The van der Waals surface area contributed by atoms with Crippen molar-refractivity contribution in [1.29, 1.82) is 0 Å². The van der Waals surface area contributed by atoms with Crippen LogP contribution < -0.4 is 0 Å². The molecule has 4 aromatic rings. The van der Waals surface area contributed by atoms with Crippen LogP contribution in [0.3, 0.4) is 0 Å². The lowest BCUT2D eigenvalue weighted by Crippen LogP contribution is -2.46. The Balaban J connectivity index is 1.41. The molecule has 1 aliphatic rings. The summed E-state index contributed by atoms with van der Waals surface area (Å²) >= 11 is 0. The van der Waals surface area contributed by atoms with Gasteiger partial charge in [0.1, 0.15) is 0 Å². The number of aliphatic hydroxyl groups is 1. The fourth-order valence-corrected chi connectivity index (χ4v) is 4.58. The molecule has 1 saturated heterocycles. The van der Waals surface area contributed by atoms with Crippen LogP contribution in [0.2, 0.25) is 0 Å². The molecule has 1 atom stereocenters. The first kappa shape index (κ1) is 22.0. The lowest BCUT2D eigenvalue weighted by Gasteiger charge is -2.36. The van der Waals surface area contributed by atoms with E-state index in [0.717, 1.165) is 41.6 Å². The monoisotopic (exact) mass is 457 g/mol. The van der Waals surface area contributed by atoms with Gasteiger partial charge in [0.15, 0.2) is 0 Å². The van der Waals surface area contributed by atoms with Crippen LogP contribution in [-0.4, -0.2) is 58.3 Å². The molecule has 0 aliphatic carbocycles. The minimum atomic E-state index is -0.0802. The number of aryl methyl sites for hydroxylation is 1. The van der Waals surface area contributed by atoms with Crippen LogP contribution in [0, 0.1) is 6.92 Å². The maximum absolute atomic E-state index is 13.8. The fourth-order valence-electron chi connectivity index (χ4n) is 4.58. The van der Waals surface area contributed by atoms with Gasteiger partial charge in [0.2, 0.25) is 0 Å². The minimum absolute atomic E-state index is 0.0135. The fraction of sp³-hybridized carbons (Fsp3) is 0.320. The van der Waals surface area contributed by atoms with Gasteiger partial charge in [0.05, 0.1) is 54.7 Å². The van der Waals surface area contributed by atoms with E-state index in [1.807, 2.05) is 53.0 Å². The van der Waals surface area contributed by atoms with Crippen LogP contribution in [0.15, 0.2) is 61.3 Å². The highest BCUT2D eigenvalue weighted by atomic mass is 16.3. The molecule has 1 fully saturated rings. The average Bonchev–Trinajstić information content (AvgIpc) is 3.57. The van der Waals surface area contributed by atoms with E-state index in [1.165, 1.54) is 4.80 Å². The summed E-state index contributed by atoms with van der Waals surface area (Å²) in [6.45, 7) is 3.19. The number of pyridine rings is 1. The molecule has 0 saturated carbocycles. The standard InChI is InChI=1S/C25H27N7O2/c1-18-7-8-23(32-27-10-11-28-32)22(13-18)25(34)31-12-3-2-6-21(31)16-30-15-20(14-29-30)24-19(17-33)5-4-9-26-24/h4-5,7-11,13-15,21,33H,2-3,6,12,16-17H2,1H3/t21-/m0/s1. The number of rotatable bonds is 6. The van der Waals surface area contributed by atoms with Gasteiger partial charge >= 0.3 is 0 Å². The molecule has 9 heteroatoms. The largest absolute Gasteiger partial charge is 0.392 e. The zero-order valence-electron chi connectivity index (χ0n) is 19.1. The topological polar surface area (TPSA) is 102 Å². The number of piperidine rings is 1. The number of carbonyl (C=O) groups excluding carboxylic acids is 1. The van der Waals surface area contributed by atoms with Crippen LogP contribution in [0.25, 0.3) is 16.9 Å². The van der Waals surface area contributed by atoms with Gasteiger partial charge in [0.25, 0.3) is 5.91 Å². The van der Waals surface area contributed by atoms with Crippen LogP contribution in [0.4, 0.5) is 0 Å². The second-order valence-corrected chi connectivity index (χ2v) is 8.61. The maximum atomic E-state index is 13.8. The number of hydrogen-bond donors (Lipinski definition) is 1. The third-order valence-corrected chi connectivity index (χ3v) is 6.27. The lowest BCUT2D eigenvalue weighted by molar-refractivity contribution is 0.0583. The van der Waals surface area contributed by atoms with E-state index in [2.05, 4.69) is 20.3 Å². The van der Waals surface area contributed by atoms with Crippen molar-refractivity contribution < 1.29 is 9.90 Å². The number of benzene rings is 1. The third kappa shape index (κ3) is 4.34. The maximum Gasteiger partial charge on any atom is 0.256 e. The highest BCUT2D eigenvalue weighted by Gasteiger charge is 2.30. The number of carbonyl (C=O) groups is 1. The van der Waals surface area contributed by atoms with Crippen molar-refractivity contribution in [2.75, 3.05) is 6.54 Å². The van der Waals surface area contributed by atoms with Crippen molar-refractivity contribution in [2.45, 2.75) is 45.4 Å². The van der Waals surface area contributed by atoms with Gasteiger partial charge in [-0.25, -0.2) is 0 Å². The van der Waals surface area contributed by atoms with E-state index in [4.69, 9.17) is 0 Å². The predicted octanol–water partition coefficient (Wildman–Crippen LogP) is 3.02. The van der Waals surface area contributed by atoms with Gasteiger partial charge in [-0.05, 0) is 44.4 Å². The number of likely N-dealkylation sites (tertiary alicyclic amines) is 1. The number of aromatic nitrogens is 6. The summed E-state index contributed by atoms with van der Waals surface area (Å²) in [6.07, 6.45) is 11.6. The number of hydrogen-bond acceptors (Lipinski definition) is 6. The first-order chi connectivity index (χ1) is 16.6. The Hall–Kier alpha value is -3.85. The van der Waals surface area contributed by atoms with Crippen molar-refractivity contribution >= 4 is 5.91 Å². The van der Waals surface area contributed by atoms with Crippen molar-refractivity contribution in [3.63, 3.8) is 0 Å². The molecule has 0 radical (unpaired) electrons. The van der Waals surface area contributed by atoms with Gasteiger partial charge in [-0.2, -0.15) is 20.1 Å². The Bertz CT molecular complexity index is 1280. The molecule has 1 N–H and O–H groups in total. The molecule has 1 aromatic carbocycles. The molecular formula is C25H27N7O2. The lowest BCUT2D eigenvalue weighted by atomic mass is 9.99. The second-order valence-electron chi connectivity index (χ2n) is 8.61. The van der Waals surface area contributed by atoms with Gasteiger partial charge in [-0.3, -0.25) is 14.5 Å². The number of aliphatic hydroxyl groups excluding tert-OH is 1. The van der Waals surface area contributed by atoms with E-state index in [-0.39, 0.29) is 18.6 Å². The Labute approximate surface area is 197 Å². The first-order valence-corrected chi connectivity index (χ1v) is 11.5. The zero-order valence-corrected chi connectivity index (χ0v) is 19.1. The second kappa shape index (κ2) is 9.56. The summed E-state index contributed by atoms with van der Waals surface area (Å²) in [5.74, 6) is -0.0135. The predicted molar refractivity (Wildman–Crippen MR) is 126 cm³/mol.